The number of likely N-dealkylation sites (tertiary alicyclic amines) is 1. The number of fused-ring (bicyclic) bond motifs is 2. The van der Waals surface area contributed by atoms with Gasteiger partial charge in [0.05, 0.1) is 12.2 Å². The molecule has 1 saturated heterocycles. The fourth-order valence-electron chi connectivity index (χ4n) is 3.93. The van der Waals surface area contributed by atoms with Gasteiger partial charge in [-0.15, -0.1) is 0 Å². The predicted molar refractivity (Wildman–Crippen MR) is 107 cm³/mol. The minimum absolute atomic E-state index is 0.0399. The van der Waals surface area contributed by atoms with Crippen molar-refractivity contribution in [3.8, 4) is 5.75 Å². The number of hydrogen-bond acceptors (Lipinski definition) is 5. The number of carboxylic acid groups (broad SMARTS) is 1. The molecule has 3 N–H and O–H groups in total. The van der Waals surface area contributed by atoms with Gasteiger partial charge < -0.3 is 24.6 Å². The van der Waals surface area contributed by atoms with Crippen molar-refractivity contribution in [2.24, 2.45) is 13.0 Å². The highest BCUT2D eigenvalue weighted by Crippen LogP contribution is 2.35. The zero-order chi connectivity index (χ0) is 24.1. The second kappa shape index (κ2) is 8.26. The maximum atomic E-state index is 13.5. The van der Waals surface area contributed by atoms with E-state index in [2.05, 4.69) is 10.0 Å². The molecule has 1 fully saturated rings. The summed E-state index contributed by atoms with van der Waals surface area (Å²) in [4.78, 5) is 24.9. The van der Waals surface area contributed by atoms with Gasteiger partial charge in [-0.3, -0.25) is 4.79 Å². The number of aryl methyl sites for hydroxylation is 1. The number of alkyl halides is 2. The Balaban J connectivity index is 1.66. The fourth-order valence-corrected chi connectivity index (χ4v) is 5.42. The van der Waals surface area contributed by atoms with E-state index in [4.69, 9.17) is 4.74 Å². The molecule has 4 rings (SSSR count). The lowest BCUT2D eigenvalue weighted by Crippen LogP contribution is -2.43. The molecule has 2 aliphatic heterocycles. The summed E-state index contributed by atoms with van der Waals surface area (Å²) in [5.41, 5.74) is -1.22. The fraction of sp³-hybridized carbons (Fsp3) is 0.368. The standard InChI is InChI=1S/C19H19F3N4O6S/c1-25-7-14-16(15(25)18(27)23-10-2-3-12(20)11(4-10)17(21)22)32-8-9-5-26(19(28)29)6-13(9)24-33(14,30)31/h2-4,7,9,13,17,24H,5-6,8H2,1H3,(H,23,27)(H,28,29). The molecule has 2 amide bonds. The molecule has 178 valence electrons. The minimum Gasteiger partial charge on any atom is -0.489 e. The molecule has 14 heteroatoms. The van der Waals surface area contributed by atoms with Crippen LogP contribution in [0.3, 0.4) is 0 Å². The van der Waals surface area contributed by atoms with Crippen LogP contribution < -0.4 is 14.8 Å². The summed E-state index contributed by atoms with van der Waals surface area (Å²) in [5, 5.41) is 11.6. The number of anilines is 1. The van der Waals surface area contributed by atoms with Crippen molar-refractivity contribution in [2.45, 2.75) is 17.4 Å². The van der Waals surface area contributed by atoms with Crippen LogP contribution in [0.4, 0.5) is 23.7 Å². The van der Waals surface area contributed by atoms with Gasteiger partial charge in [0.15, 0.2) is 11.4 Å². The van der Waals surface area contributed by atoms with E-state index in [1.54, 1.807) is 0 Å². The van der Waals surface area contributed by atoms with Crippen LogP contribution in [0.1, 0.15) is 22.5 Å². The van der Waals surface area contributed by atoms with E-state index < -0.39 is 51.8 Å². The van der Waals surface area contributed by atoms with Crippen LogP contribution in [0.25, 0.3) is 0 Å². The van der Waals surface area contributed by atoms with Gasteiger partial charge in [0.25, 0.3) is 12.3 Å². The van der Waals surface area contributed by atoms with Crippen molar-refractivity contribution in [3.05, 3.63) is 41.5 Å². The Bertz CT molecular complexity index is 1230. The number of amides is 2. The number of benzene rings is 1. The van der Waals surface area contributed by atoms with Crippen molar-refractivity contribution in [3.63, 3.8) is 0 Å². The SMILES string of the molecule is Cn1cc2c(c1C(=O)Nc1ccc(F)c(C(F)F)c1)OCC1CN(C(=O)O)CC1NS2(=O)=O. The highest BCUT2D eigenvalue weighted by atomic mass is 32.2. The van der Waals surface area contributed by atoms with Gasteiger partial charge in [0.1, 0.15) is 10.7 Å². The predicted octanol–water partition coefficient (Wildman–Crippen LogP) is 2.00. The van der Waals surface area contributed by atoms with E-state index in [9.17, 15) is 36.3 Å². The van der Waals surface area contributed by atoms with Crippen LogP contribution in [-0.4, -0.2) is 60.7 Å². The van der Waals surface area contributed by atoms with Crippen molar-refractivity contribution < 1.29 is 41.0 Å². The van der Waals surface area contributed by atoms with Gasteiger partial charge in [0.2, 0.25) is 10.0 Å². The molecule has 0 saturated carbocycles. The Hall–Kier alpha value is -3.26. The first kappa shape index (κ1) is 22.9. The van der Waals surface area contributed by atoms with Crippen molar-refractivity contribution in [1.29, 1.82) is 0 Å². The molecular weight excluding hydrogens is 469 g/mol. The van der Waals surface area contributed by atoms with Crippen LogP contribution in [-0.2, 0) is 17.1 Å². The maximum absolute atomic E-state index is 13.5. The third-order valence-corrected chi connectivity index (χ3v) is 7.04. The Labute approximate surface area is 186 Å². The van der Waals surface area contributed by atoms with Gasteiger partial charge in [-0.1, -0.05) is 0 Å². The van der Waals surface area contributed by atoms with Crippen molar-refractivity contribution in [1.82, 2.24) is 14.2 Å². The van der Waals surface area contributed by atoms with Crippen LogP contribution in [0.2, 0.25) is 0 Å². The van der Waals surface area contributed by atoms with Gasteiger partial charge >= 0.3 is 6.09 Å². The quantitative estimate of drug-likeness (QED) is 0.606. The summed E-state index contributed by atoms with van der Waals surface area (Å²) in [5.74, 6) is -2.75. The summed E-state index contributed by atoms with van der Waals surface area (Å²) >= 11 is 0. The molecule has 0 aliphatic carbocycles. The van der Waals surface area contributed by atoms with Crippen LogP contribution >= 0.6 is 0 Å². The average molecular weight is 488 g/mol. The number of halogens is 3. The number of carbonyl (C=O) groups is 2. The molecule has 0 bridgehead atoms. The molecule has 0 spiro atoms. The van der Waals surface area contributed by atoms with Gasteiger partial charge in [0, 0.05) is 44.0 Å². The van der Waals surface area contributed by atoms with E-state index in [1.807, 2.05) is 0 Å². The highest BCUT2D eigenvalue weighted by molar-refractivity contribution is 7.89. The minimum atomic E-state index is -4.18. The number of nitrogens with zero attached hydrogens (tertiary/aromatic N) is 2. The molecule has 3 heterocycles. The molecule has 1 aromatic heterocycles. The van der Waals surface area contributed by atoms with Gasteiger partial charge in [-0.05, 0) is 18.2 Å². The zero-order valence-electron chi connectivity index (χ0n) is 17.1. The molecule has 1 aromatic carbocycles. The first-order chi connectivity index (χ1) is 15.5. The average Bonchev–Trinajstić information content (AvgIpc) is 3.27. The Morgan fingerprint density at radius 2 is 2.03 bits per heavy atom. The van der Waals surface area contributed by atoms with Crippen LogP contribution in [0.5, 0.6) is 5.75 Å². The summed E-state index contributed by atoms with van der Waals surface area (Å²) < 4.78 is 74.7. The summed E-state index contributed by atoms with van der Waals surface area (Å²) in [7, 11) is -2.78. The van der Waals surface area contributed by atoms with Gasteiger partial charge in [-0.25, -0.2) is 31.1 Å². The lowest BCUT2D eigenvalue weighted by molar-refractivity contribution is 0.101. The molecule has 10 nitrogen and oxygen atoms in total. The number of aromatic nitrogens is 1. The monoisotopic (exact) mass is 488 g/mol. The summed E-state index contributed by atoms with van der Waals surface area (Å²) in [6, 6.07) is 1.96. The largest absolute Gasteiger partial charge is 0.489 e. The summed E-state index contributed by atoms with van der Waals surface area (Å²) in [6.45, 7) is -0.0757. The smallest absolute Gasteiger partial charge is 0.407 e. The summed E-state index contributed by atoms with van der Waals surface area (Å²) in [6.07, 6.45) is -3.13. The zero-order valence-corrected chi connectivity index (χ0v) is 17.9. The second-order valence-corrected chi connectivity index (χ2v) is 9.44. The van der Waals surface area contributed by atoms with E-state index in [1.165, 1.54) is 11.6 Å². The van der Waals surface area contributed by atoms with E-state index >= 15 is 0 Å². The Morgan fingerprint density at radius 3 is 2.70 bits per heavy atom. The highest BCUT2D eigenvalue weighted by Gasteiger charge is 2.42. The van der Waals surface area contributed by atoms with E-state index in [0.717, 1.165) is 29.3 Å². The van der Waals surface area contributed by atoms with Crippen molar-refractivity contribution >= 4 is 27.7 Å². The third kappa shape index (κ3) is 4.23. The van der Waals surface area contributed by atoms with Gasteiger partial charge in [-0.2, -0.15) is 0 Å². The normalized spacial score (nSPS) is 21.5. The van der Waals surface area contributed by atoms with Crippen molar-refractivity contribution in [2.75, 3.05) is 25.0 Å². The Morgan fingerprint density at radius 1 is 1.30 bits per heavy atom. The van der Waals surface area contributed by atoms with E-state index in [0.29, 0.717) is 0 Å². The molecule has 2 atom stereocenters. The molecule has 2 aromatic rings. The molecule has 2 unspecified atom stereocenters. The number of ether oxygens (including phenoxy) is 1. The number of carbonyl (C=O) groups excluding carboxylic acids is 1. The maximum Gasteiger partial charge on any atom is 0.407 e. The first-order valence-corrected chi connectivity index (χ1v) is 11.2. The third-order valence-electron chi connectivity index (χ3n) is 5.56. The molecule has 0 radical (unpaired) electrons. The molecule has 33 heavy (non-hydrogen) atoms. The topological polar surface area (TPSA) is 130 Å². The lowest BCUT2D eigenvalue weighted by Gasteiger charge is -2.23. The number of sulfonamides is 1. The molecular formula is C19H19F3N4O6S. The molecule has 2 aliphatic rings. The number of rotatable bonds is 3. The Kier molecular flexibility index (Phi) is 5.74. The van der Waals surface area contributed by atoms with E-state index in [-0.39, 0.29) is 41.7 Å². The van der Waals surface area contributed by atoms with Crippen LogP contribution in [0, 0.1) is 11.7 Å². The van der Waals surface area contributed by atoms with Crippen LogP contribution in [0.15, 0.2) is 29.3 Å². The second-order valence-electron chi connectivity index (χ2n) is 7.76. The first-order valence-electron chi connectivity index (χ1n) is 9.69. The number of nitrogens with one attached hydrogen (secondary N) is 2. The number of hydrogen-bond donors (Lipinski definition) is 3. The lowest BCUT2D eigenvalue weighted by atomic mass is 10.1.